The number of ether oxygens (including phenoxy) is 1. The van der Waals surface area contributed by atoms with Crippen LogP contribution in [0.1, 0.15) is 293 Å². The molecule has 0 radical (unpaired) electrons. The lowest BCUT2D eigenvalue weighted by Gasteiger charge is -2.46. The second-order valence-electron chi connectivity index (χ2n) is 35.5. The molecule has 0 aliphatic carbocycles. The van der Waals surface area contributed by atoms with Gasteiger partial charge in [-0.15, -0.1) is 0 Å². The number of amides is 2. The van der Waals surface area contributed by atoms with Crippen LogP contribution < -0.4 is 0 Å². The Hall–Kier alpha value is -1.94. The van der Waals surface area contributed by atoms with E-state index in [1.165, 1.54) is 71.0 Å². The molecule has 0 aromatic rings. The van der Waals surface area contributed by atoms with Gasteiger partial charge in [0.05, 0.1) is 23.2 Å². The molecule has 3 aliphatic rings. The Labute approximate surface area is 530 Å². The van der Waals surface area contributed by atoms with Gasteiger partial charge in [-0.2, -0.15) is 0 Å². The van der Waals surface area contributed by atoms with E-state index in [1.54, 1.807) is 11.8 Å². The summed E-state index contributed by atoms with van der Waals surface area (Å²) in [5.41, 5.74) is 1.47. The molecule has 3 rings (SSSR count). The van der Waals surface area contributed by atoms with Crippen molar-refractivity contribution in [1.29, 1.82) is 0 Å². The number of unbranched alkanes of at least 4 members (excludes halogenated alkanes) is 2. The number of ketones is 2. The molecular formula is C70H147N3O10S2. The van der Waals surface area contributed by atoms with Gasteiger partial charge in [0.15, 0.2) is 5.78 Å². The molecular weight excluding hydrogens is 1110 g/mol. The van der Waals surface area contributed by atoms with E-state index in [4.69, 9.17) is 4.74 Å². The zero-order valence-electron chi connectivity index (χ0n) is 62.9. The number of Topliss-reactive ketones (excluding diaryl/α,β-unsaturated/α-hetero) is 2. The second-order valence-corrected chi connectivity index (χ2v) is 39.8. The molecule has 3 heterocycles. The zero-order chi connectivity index (χ0) is 69.4. The minimum absolute atomic E-state index is 0.0463. The number of hydrogen-bond acceptors (Lipinski definition) is 11. The Balaban J connectivity index is -0.000000208. The topological polar surface area (TPSA) is 176 Å². The highest BCUT2D eigenvalue weighted by molar-refractivity contribution is 7.90. The van der Waals surface area contributed by atoms with Crippen molar-refractivity contribution in [2.75, 3.05) is 69.9 Å². The van der Waals surface area contributed by atoms with Gasteiger partial charge < -0.3 is 24.4 Å². The van der Waals surface area contributed by atoms with Crippen molar-refractivity contribution in [2.24, 2.45) is 49.7 Å². The van der Waals surface area contributed by atoms with Gasteiger partial charge in [0.2, 0.25) is 11.8 Å². The van der Waals surface area contributed by atoms with Crippen LogP contribution in [0.3, 0.4) is 0 Å². The van der Waals surface area contributed by atoms with Crippen molar-refractivity contribution >= 4 is 43.1 Å². The van der Waals surface area contributed by atoms with Crippen molar-refractivity contribution in [3.63, 3.8) is 0 Å². The number of nitrogens with zero attached hydrogens (tertiary/aromatic N) is 3. The normalized spacial score (nSPS) is 16.4. The van der Waals surface area contributed by atoms with E-state index >= 15 is 0 Å². The van der Waals surface area contributed by atoms with Gasteiger partial charge in [0, 0.05) is 76.6 Å². The van der Waals surface area contributed by atoms with Gasteiger partial charge in [-0.1, -0.05) is 199 Å². The third-order valence-electron chi connectivity index (χ3n) is 11.7. The molecule has 13 nitrogen and oxygen atoms in total. The lowest BCUT2D eigenvalue weighted by Crippen LogP contribution is -2.54. The standard InChI is InChI=1S/C10H19NO2.C10H19NO.C8H17N.2C8H18.C7H14O2.C7H14O.2C6H14O2S/c1-10(2,3)6-9(13)11-5-4-8(12)7-11;1-8-6-11(7-8)9(12)5-10(2,3)4;1-7-5-9(6-7)8(2,3)4;2*1-5-6-7-8(2,3)4;1-6(8)5-9-7(2,3)4;1-6(8)5-7(2,3)4;2*1-6(2,3)5-9(4,7)8/h8,12H,4-7H2,1-3H3;8H,5-7H2,1-4H3;7H,5-6H2,1-4H3;2*5-7H2,1-4H3;5H2,1-4H3;5H2,1-4H3;2*5H2,1-4H3. The van der Waals surface area contributed by atoms with Crippen LogP contribution >= 0.6 is 0 Å². The van der Waals surface area contributed by atoms with E-state index in [9.17, 15) is 41.1 Å². The predicted molar refractivity (Wildman–Crippen MR) is 369 cm³/mol. The Bertz CT molecular complexity index is 1950. The minimum Gasteiger partial charge on any atom is -0.391 e. The summed E-state index contributed by atoms with van der Waals surface area (Å²) in [7, 11) is -5.56. The Morgan fingerprint density at radius 2 is 0.776 bits per heavy atom. The highest BCUT2D eigenvalue weighted by Gasteiger charge is 2.32. The molecule has 3 saturated heterocycles. The largest absolute Gasteiger partial charge is 0.391 e. The number of sulfone groups is 2. The molecule has 0 saturated carbocycles. The average molecular weight is 1260 g/mol. The molecule has 1 atom stereocenters. The molecule has 0 aromatic heterocycles. The van der Waals surface area contributed by atoms with Gasteiger partial charge in [-0.05, 0) is 124 Å². The van der Waals surface area contributed by atoms with Gasteiger partial charge >= 0.3 is 0 Å². The van der Waals surface area contributed by atoms with Crippen LogP contribution in [0.5, 0.6) is 0 Å². The molecule has 2 amide bonds. The molecule has 85 heavy (non-hydrogen) atoms. The van der Waals surface area contributed by atoms with E-state index < -0.39 is 19.7 Å². The van der Waals surface area contributed by atoms with Crippen LogP contribution in [0, 0.1) is 49.7 Å². The van der Waals surface area contributed by atoms with Gasteiger partial charge in [0.25, 0.3) is 0 Å². The molecule has 3 fully saturated rings. The first-order valence-corrected chi connectivity index (χ1v) is 36.2. The highest BCUT2D eigenvalue weighted by atomic mass is 32.2. The van der Waals surface area contributed by atoms with E-state index in [0.29, 0.717) is 54.0 Å². The first kappa shape index (κ1) is 94.2. The summed E-state index contributed by atoms with van der Waals surface area (Å²) >= 11 is 0. The van der Waals surface area contributed by atoms with Crippen LogP contribution in [-0.4, -0.2) is 147 Å². The second kappa shape index (κ2) is 41.4. The third-order valence-corrected chi connectivity index (χ3v) is 14.5. The Kier molecular flexibility index (Phi) is 45.9. The number of β-amino-alcohol motifs (C(OH)–C–C–N with tert-alkyl or cyclic N) is 1. The van der Waals surface area contributed by atoms with E-state index in [1.807, 2.05) is 67.2 Å². The number of likely N-dealkylation sites (tertiary alicyclic amines) is 3. The minimum atomic E-state index is -2.78. The van der Waals surface area contributed by atoms with Gasteiger partial charge in [-0.25, -0.2) is 16.8 Å². The number of aliphatic hydroxyl groups excluding tert-OH is 1. The molecule has 15 heteroatoms. The van der Waals surface area contributed by atoms with Crippen molar-refractivity contribution < 1.29 is 45.9 Å². The van der Waals surface area contributed by atoms with Crippen molar-refractivity contribution in [3.05, 3.63) is 0 Å². The third kappa shape index (κ3) is 82.1. The summed E-state index contributed by atoms with van der Waals surface area (Å²) in [6.07, 6.45) is 13.0. The quantitative estimate of drug-likeness (QED) is 0.208. The summed E-state index contributed by atoms with van der Waals surface area (Å²) in [5.74, 6) is 3.02. The summed E-state index contributed by atoms with van der Waals surface area (Å²) in [6.45, 7) is 74.6. The summed E-state index contributed by atoms with van der Waals surface area (Å²) in [6, 6.07) is 0. The molecule has 1 N–H and O–H groups in total. The number of hydrogen-bond donors (Lipinski definition) is 1. The highest BCUT2D eigenvalue weighted by Crippen LogP contribution is 2.27. The maximum Gasteiger partial charge on any atom is 0.223 e. The smallest absolute Gasteiger partial charge is 0.223 e. The van der Waals surface area contributed by atoms with Crippen LogP contribution in [-0.2, 0) is 43.6 Å². The Morgan fingerprint density at radius 3 is 0.906 bits per heavy atom. The van der Waals surface area contributed by atoms with Crippen LogP contribution in [0.15, 0.2) is 0 Å². The van der Waals surface area contributed by atoms with Gasteiger partial charge in [-0.3, -0.25) is 19.3 Å². The maximum atomic E-state index is 11.6. The number of aliphatic hydroxyl groups is 1. The first-order chi connectivity index (χ1) is 37.1. The molecule has 0 spiro atoms. The van der Waals surface area contributed by atoms with Crippen LogP contribution in [0.2, 0.25) is 0 Å². The first-order valence-electron chi connectivity index (χ1n) is 32.1. The molecule has 3 aliphatic heterocycles. The lowest BCUT2D eigenvalue weighted by atomic mass is 9.90. The summed E-state index contributed by atoms with van der Waals surface area (Å²) in [5, 5.41) is 9.25. The molecule has 1 unspecified atom stereocenters. The van der Waals surface area contributed by atoms with Crippen molar-refractivity contribution in [3.8, 4) is 0 Å². The lowest BCUT2D eigenvalue weighted by molar-refractivity contribution is -0.139. The fourth-order valence-corrected chi connectivity index (χ4v) is 11.4. The number of rotatable bonds is 11. The number of carbonyl (C=O) groups is 4. The molecule has 0 bridgehead atoms. The monoisotopic (exact) mass is 1250 g/mol. The zero-order valence-corrected chi connectivity index (χ0v) is 64.6. The van der Waals surface area contributed by atoms with E-state index in [-0.39, 0.29) is 74.4 Å². The fraction of sp³-hybridized carbons (Fsp3) is 0.943. The summed E-state index contributed by atoms with van der Waals surface area (Å²) in [4.78, 5) is 50.2. The SMILES string of the molecule is CC(=O)CC(C)(C)C.CC(=O)COC(C)(C)C.CC(C)(C)CC(=O)N1CCC(O)C1.CC(C)(C)CS(C)(=O)=O.CC(C)(C)CS(C)(=O)=O.CC1CN(C(=O)CC(C)(C)C)C1.CC1CN(C(C)(C)C)C1.CCCCC(C)(C)C.CCCCC(C)(C)C. The molecule has 514 valence electrons. The maximum absolute atomic E-state index is 11.6. The van der Waals surface area contributed by atoms with Crippen LogP contribution in [0.25, 0.3) is 0 Å². The van der Waals surface area contributed by atoms with Crippen molar-refractivity contribution in [1.82, 2.24) is 14.7 Å². The Morgan fingerprint density at radius 1 is 0.459 bits per heavy atom. The van der Waals surface area contributed by atoms with Gasteiger partial charge in [0.1, 0.15) is 32.1 Å². The average Bonchev–Trinajstić information content (AvgIpc) is 3.61. The van der Waals surface area contributed by atoms with Crippen molar-refractivity contribution in [2.45, 2.75) is 310 Å². The summed E-state index contributed by atoms with van der Waals surface area (Å²) < 4.78 is 47.7. The number of carbonyl (C=O) groups excluding carboxylic acids is 4. The predicted octanol–water partition coefficient (Wildman–Crippen LogP) is 16.7. The fourth-order valence-electron chi connectivity index (χ4n) is 8.30. The molecule has 0 aromatic carbocycles. The van der Waals surface area contributed by atoms with Crippen LogP contribution in [0.4, 0.5) is 0 Å². The van der Waals surface area contributed by atoms with E-state index in [0.717, 1.165) is 32.0 Å². The van der Waals surface area contributed by atoms with E-state index in [2.05, 4.69) is 157 Å².